The SMILES string of the molecule is C[C@@H](NC1CCC1)c1nc(C(F)(F)F)cc2c(-c3cccc(C4(Cc5nncn5C)COC4)c3)n[nH]c12. The average Bonchev–Trinajstić information content (AvgIpc) is 3.43. The van der Waals surface area contributed by atoms with Gasteiger partial charge in [-0.3, -0.25) is 5.10 Å². The fraction of sp³-hybridized carbons (Fsp3) is 0.462. The molecule has 3 aromatic heterocycles. The molecule has 0 amide bonds. The Kier molecular flexibility index (Phi) is 5.79. The Morgan fingerprint density at radius 1 is 1.24 bits per heavy atom. The van der Waals surface area contributed by atoms with E-state index < -0.39 is 11.9 Å². The number of halogens is 3. The number of benzene rings is 1. The summed E-state index contributed by atoms with van der Waals surface area (Å²) in [7, 11) is 1.90. The number of hydrogen-bond acceptors (Lipinski definition) is 6. The Morgan fingerprint density at radius 2 is 2.05 bits per heavy atom. The van der Waals surface area contributed by atoms with E-state index in [0.717, 1.165) is 42.3 Å². The van der Waals surface area contributed by atoms with Crippen LogP contribution < -0.4 is 5.32 Å². The molecule has 4 aromatic rings. The molecule has 0 bridgehead atoms. The van der Waals surface area contributed by atoms with E-state index in [1.807, 2.05) is 42.8 Å². The molecule has 0 spiro atoms. The van der Waals surface area contributed by atoms with Gasteiger partial charge in [0.1, 0.15) is 23.5 Å². The second kappa shape index (κ2) is 8.91. The van der Waals surface area contributed by atoms with Gasteiger partial charge in [-0.1, -0.05) is 24.6 Å². The number of aromatic nitrogens is 6. The van der Waals surface area contributed by atoms with Crippen LogP contribution in [-0.4, -0.2) is 49.2 Å². The van der Waals surface area contributed by atoms with E-state index in [1.54, 1.807) is 6.33 Å². The first-order valence-electron chi connectivity index (χ1n) is 12.5. The third-order valence-corrected chi connectivity index (χ3v) is 7.68. The highest BCUT2D eigenvalue weighted by Gasteiger charge is 2.42. The number of nitrogens with one attached hydrogen (secondary N) is 2. The highest BCUT2D eigenvalue weighted by atomic mass is 19.4. The minimum atomic E-state index is -4.57. The van der Waals surface area contributed by atoms with Gasteiger partial charge in [0, 0.05) is 41.9 Å². The zero-order valence-corrected chi connectivity index (χ0v) is 20.6. The number of aromatic amines is 1. The van der Waals surface area contributed by atoms with Crippen molar-refractivity contribution in [3.05, 3.63) is 59.4 Å². The van der Waals surface area contributed by atoms with Gasteiger partial charge in [-0.15, -0.1) is 10.2 Å². The summed E-state index contributed by atoms with van der Waals surface area (Å²) < 4.78 is 49.1. The van der Waals surface area contributed by atoms with Crippen molar-refractivity contribution in [2.24, 2.45) is 7.05 Å². The summed E-state index contributed by atoms with van der Waals surface area (Å²) in [6, 6.07) is 8.86. The molecule has 8 nitrogen and oxygen atoms in total. The summed E-state index contributed by atoms with van der Waals surface area (Å²) in [6.45, 7) is 2.91. The van der Waals surface area contributed by atoms with Crippen LogP contribution >= 0.6 is 0 Å². The van der Waals surface area contributed by atoms with Crippen LogP contribution in [0.2, 0.25) is 0 Å². The van der Waals surface area contributed by atoms with Crippen molar-refractivity contribution in [1.82, 2.24) is 35.3 Å². The van der Waals surface area contributed by atoms with Crippen LogP contribution in [0.1, 0.15) is 55.0 Å². The Balaban J connectivity index is 1.41. The van der Waals surface area contributed by atoms with Gasteiger partial charge in [0.05, 0.1) is 24.4 Å². The third kappa shape index (κ3) is 4.29. The average molecular weight is 512 g/mol. The van der Waals surface area contributed by atoms with Crippen LogP contribution in [0.25, 0.3) is 22.2 Å². The standard InChI is InChI=1S/C26H28F3N7O/c1-15(31-18-7-4-8-18)22-24-19(10-20(32-22)26(27,28)29)23(34-35-24)16-5-3-6-17(9-16)25(12-37-13-25)11-21-33-30-14-36(21)2/h3,5-6,9-10,14-15,18,31H,4,7-8,11-13H2,1-2H3,(H,34,35)/t15-/m1/s1. The zero-order valence-electron chi connectivity index (χ0n) is 20.6. The van der Waals surface area contributed by atoms with Crippen molar-refractivity contribution in [1.29, 1.82) is 0 Å². The van der Waals surface area contributed by atoms with Gasteiger partial charge in [0.2, 0.25) is 0 Å². The second-order valence-electron chi connectivity index (χ2n) is 10.3. The predicted octanol–water partition coefficient (Wildman–Crippen LogP) is 4.49. The summed E-state index contributed by atoms with van der Waals surface area (Å²) in [5.74, 6) is 0.845. The Labute approximate surface area is 211 Å². The molecule has 0 radical (unpaired) electrons. The van der Waals surface area contributed by atoms with Gasteiger partial charge in [-0.2, -0.15) is 18.3 Å². The molecule has 194 valence electrons. The molecule has 2 N–H and O–H groups in total. The van der Waals surface area contributed by atoms with E-state index >= 15 is 0 Å². The van der Waals surface area contributed by atoms with Crippen molar-refractivity contribution in [3.8, 4) is 11.3 Å². The molecular weight excluding hydrogens is 483 g/mol. The molecule has 1 saturated heterocycles. The predicted molar refractivity (Wildman–Crippen MR) is 131 cm³/mol. The number of ether oxygens (including phenoxy) is 1. The smallest absolute Gasteiger partial charge is 0.379 e. The number of fused-ring (bicyclic) bond motifs is 1. The summed E-state index contributed by atoms with van der Waals surface area (Å²) in [6.07, 6.45) is 0.910. The molecule has 11 heteroatoms. The molecular formula is C26H28F3N7O. The second-order valence-corrected chi connectivity index (χ2v) is 10.3. The summed E-state index contributed by atoms with van der Waals surface area (Å²) >= 11 is 0. The largest absolute Gasteiger partial charge is 0.433 e. The molecule has 37 heavy (non-hydrogen) atoms. The van der Waals surface area contributed by atoms with Crippen molar-refractivity contribution in [2.45, 2.75) is 56.3 Å². The first-order chi connectivity index (χ1) is 17.7. The Bertz CT molecular complexity index is 1440. The third-order valence-electron chi connectivity index (χ3n) is 7.68. The number of pyridine rings is 1. The lowest BCUT2D eigenvalue weighted by Gasteiger charge is -2.41. The minimum absolute atomic E-state index is 0.284. The van der Waals surface area contributed by atoms with Gasteiger partial charge in [-0.05, 0) is 37.5 Å². The van der Waals surface area contributed by atoms with E-state index in [-0.39, 0.29) is 11.5 Å². The molecule has 4 heterocycles. The maximum Gasteiger partial charge on any atom is 0.433 e. The Morgan fingerprint density at radius 3 is 2.68 bits per heavy atom. The normalized spacial score (nSPS) is 18.5. The van der Waals surface area contributed by atoms with Gasteiger partial charge in [0.25, 0.3) is 0 Å². The van der Waals surface area contributed by atoms with Gasteiger partial charge < -0.3 is 14.6 Å². The zero-order chi connectivity index (χ0) is 25.8. The molecule has 1 aliphatic heterocycles. The highest BCUT2D eigenvalue weighted by Crippen LogP contribution is 2.40. The molecule has 0 unspecified atom stereocenters. The van der Waals surface area contributed by atoms with Crippen LogP contribution in [-0.2, 0) is 29.8 Å². The molecule has 1 aromatic carbocycles. The number of alkyl halides is 3. The molecule has 2 fully saturated rings. The number of nitrogens with zero attached hydrogens (tertiary/aromatic N) is 5. The minimum Gasteiger partial charge on any atom is -0.379 e. The quantitative estimate of drug-likeness (QED) is 0.380. The maximum atomic E-state index is 13.9. The number of H-pyrrole nitrogens is 1. The monoisotopic (exact) mass is 511 g/mol. The molecule has 2 aliphatic rings. The van der Waals surface area contributed by atoms with Crippen molar-refractivity contribution < 1.29 is 17.9 Å². The fourth-order valence-corrected chi connectivity index (χ4v) is 5.21. The topological polar surface area (TPSA) is 93.5 Å². The first-order valence-corrected chi connectivity index (χ1v) is 12.5. The van der Waals surface area contributed by atoms with E-state index in [1.165, 1.54) is 0 Å². The summed E-state index contributed by atoms with van der Waals surface area (Å²) in [4.78, 5) is 4.03. The first kappa shape index (κ1) is 24.1. The van der Waals surface area contributed by atoms with Crippen LogP contribution in [0.4, 0.5) is 13.2 Å². The van der Waals surface area contributed by atoms with Crippen LogP contribution in [0.15, 0.2) is 36.7 Å². The van der Waals surface area contributed by atoms with Crippen LogP contribution in [0.5, 0.6) is 0 Å². The van der Waals surface area contributed by atoms with Gasteiger partial charge in [-0.25, -0.2) is 4.98 Å². The lowest BCUT2D eigenvalue weighted by Crippen LogP contribution is -2.49. The molecule has 1 atom stereocenters. The Hall–Kier alpha value is -3.31. The molecule has 1 aliphatic carbocycles. The van der Waals surface area contributed by atoms with Gasteiger partial charge >= 0.3 is 6.18 Å². The summed E-state index contributed by atoms with van der Waals surface area (Å²) in [5, 5.41) is 19.5. The van der Waals surface area contributed by atoms with E-state index in [4.69, 9.17) is 4.74 Å². The van der Waals surface area contributed by atoms with E-state index in [2.05, 4.69) is 30.7 Å². The van der Waals surface area contributed by atoms with E-state index in [9.17, 15) is 13.2 Å². The van der Waals surface area contributed by atoms with Gasteiger partial charge in [0.15, 0.2) is 0 Å². The van der Waals surface area contributed by atoms with Crippen molar-refractivity contribution >= 4 is 10.9 Å². The van der Waals surface area contributed by atoms with Crippen LogP contribution in [0.3, 0.4) is 0 Å². The molecule has 6 rings (SSSR count). The maximum absolute atomic E-state index is 13.9. The highest BCUT2D eigenvalue weighted by molar-refractivity contribution is 5.94. The lowest BCUT2D eigenvalue weighted by atomic mass is 9.75. The lowest BCUT2D eigenvalue weighted by molar-refractivity contribution is -0.141. The van der Waals surface area contributed by atoms with E-state index in [0.29, 0.717) is 48.0 Å². The number of aryl methyl sites for hydroxylation is 1. The summed E-state index contributed by atoms with van der Waals surface area (Å²) in [5.41, 5.74) is 1.89. The van der Waals surface area contributed by atoms with Crippen LogP contribution in [0, 0.1) is 0 Å². The number of rotatable bonds is 7. The number of hydrogen-bond donors (Lipinski definition) is 2. The van der Waals surface area contributed by atoms with Crippen molar-refractivity contribution in [2.75, 3.05) is 13.2 Å². The van der Waals surface area contributed by atoms with Crippen molar-refractivity contribution in [3.63, 3.8) is 0 Å². The molecule has 1 saturated carbocycles. The fourth-order valence-electron chi connectivity index (χ4n) is 5.21.